The maximum absolute atomic E-state index is 6.22. The topological polar surface area (TPSA) is 35.0 Å². The molecule has 0 aliphatic heterocycles. The molecule has 0 N–H and O–H groups in total. The number of aromatic nitrogens is 2. The van der Waals surface area contributed by atoms with Gasteiger partial charge >= 0.3 is 0 Å². The predicted octanol–water partition coefficient (Wildman–Crippen LogP) is 5.01. The van der Waals surface area contributed by atoms with Gasteiger partial charge in [0.25, 0.3) is 0 Å². The van der Waals surface area contributed by atoms with E-state index in [1.54, 1.807) is 6.07 Å². The second-order valence-electron chi connectivity index (χ2n) is 4.57. The summed E-state index contributed by atoms with van der Waals surface area (Å²) in [6.07, 6.45) is 1.37. The summed E-state index contributed by atoms with van der Waals surface area (Å²) < 4.78 is 5.74. The highest BCUT2D eigenvalue weighted by molar-refractivity contribution is 6.31. The third kappa shape index (κ3) is 3.37. The molecule has 0 aliphatic carbocycles. The first kappa shape index (κ1) is 14.1. The second kappa shape index (κ2) is 5.76. The van der Waals surface area contributed by atoms with Crippen LogP contribution in [0.5, 0.6) is 11.6 Å². The number of ether oxygens (including phenoxy) is 1. The normalized spacial score (nSPS) is 10.8. The third-order valence-corrected chi connectivity index (χ3v) is 3.27. The van der Waals surface area contributed by atoms with Gasteiger partial charge in [-0.3, -0.25) is 0 Å². The Morgan fingerprint density at radius 2 is 1.84 bits per heavy atom. The third-order valence-electron chi connectivity index (χ3n) is 2.74. The highest BCUT2D eigenvalue weighted by Crippen LogP contribution is 2.33. The molecule has 0 unspecified atom stereocenters. The fraction of sp³-hybridized carbons (Fsp3) is 0.286. The Labute approximate surface area is 122 Å². The number of halogens is 2. The van der Waals surface area contributed by atoms with Crippen molar-refractivity contribution in [3.8, 4) is 11.6 Å². The maximum Gasteiger partial charge on any atom is 0.223 e. The maximum atomic E-state index is 6.22. The SMILES string of the molecule is Cc1cc(Cl)c(C(C)C)cc1Oc1cc(Cl)ncn1. The van der Waals surface area contributed by atoms with E-state index in [4.69, 9.17) is 27.9 Å². The largest absolute Gasteiger partial charge is 0.439 e. The number of aryl methyl sites for hydroxylation is 1. The molecule has 0 bridgehead atoms. The standard InChI is InChI=1S/C14H14Cl2N2O/c1-8(2)10-5-12(9(3)4-11(10)15)19-14-6-13(16)17-7-18-14/h4-8H,1-3H3. The molecule has 1 aromatic carbocycles. The Hall–Kier alpha value is -1.32. The first-order chi connectivity index (χ1) is 8.97. The minimum Gasteiger partial charge on any atom is -0.439 e. The van der Waals surface area contributed by atoms with Crippen molar-refractivity contribution in [1.82, 2.24) is 9.97 Å². The number of hydrogen-bond donors (Lipinski definition) is 0. The monoisotopic (exact) mass is 296 g/mol. The Morgan fingerprint density at radius 1 is 1.11 bits per heavy atom. The molecule has 1 aromatic heterocycles. The summed E-state index contributed by atoms with van der Waals surface area (Å²) in [6, 6.07) is 5.41. The van der Waals surface area contributed by atoms with Gasteiger partial charge in [-0.2, -0.15) is 0 Å². The lowest BCUT2D eigenvalue weighted by Crippen LogP contribution is -1.95. The van der Waals surface area contributed by atoms with Crippen molar-refractivity contribution in [3.05, 3.63) is 45.8 Å². The summed E-state index contributed by atoms with van der Waals surface area (Å²) in [5.74, 6) is 1.47. The Balaban J connectivity index is 2.37. The summed E-state index contributed by atoms with van der Waals surface area (Å²) in [5, 5.41) is 1.10. The molecule has 19 heavy (non-hydrogen) atoms. The molecule has 2 rings (SSSR count). The van der Waals surface area contributed by atoms with E-state index in [0.717, 1.165) is 21.9 Å². The molecule has 0 atom stereocenters. The highest BCUT2D eigenvalue weighted by atomic mass is 35.5. The van der Waals surface area contributed by atoms with E-state index in [-0.39, 0.29) is 0 Å². The molecule has 0 aliphatic rings. The van der Waals surface area contributed by atoms with Gasteiger partial charge in [0.2, 0.25) is 5.88 Å². The Kier molecular flexibility index (Phi) is 4.27. The molecule has 0 radical (unpaired) electrons. The van der Waals surface area contributed by atoms with E-state index < -0.39 is 0 Å². The molecule has 0 spiro atoms. The van der Waals surface area contributed by atoms with Gasteiger partial charge in [-0.15, -0.1) is 0 Å². The van der Waals surface area contributed by atoms with Crippen molar-refractivity contribution in [2.75, 3.05) is 0 Å². The van der Waals surface area contributed by atoms with Crippen LogP contribution in [0.25, 0.3) is 0 Å². The van der Waals surface area contributed by atoms with E-state index in [2.05, 4.69) is 23.8 Å². The van der Waals surface area contributed by atoms with Gasteiger partial charge in [-0.1, -0.05) is 37.0 Å². The Bertz CT molecular complexity index is 600. The second-order valence-corrected chi connectivity index (χ2v) is 5.37. The van der Waals surface area contributed by atoms with Crippen LogP contribution in [0.1, 0.15) is 30.9 Å². The van der Waals surface area contributed by atoms with Gasteiger partial charge in [-0.05, 0) is 36.1 Å². The zero-order valence-electron chi connectivity index (χ0n) is 10.9. The van der Waals surface area contributed by atoms with Crippen LogP contribution in [0.3, 0.4) is 0 Å². The van der Waals surface area contributed by atoms with Crippen LogP contribution in [0.2, 0.25) is 10.2 Å². The molecule has 3 nitrogen and oxygen atoms in total. The van der Waals surface area contributed by atoms with E-state index in [9.17, 15) is 0 Å². The molecule has 5 heteroatoms. The lowest BCUT2D eigenvalue weighted by Gasteiger charge is -2.13. The summed E-state index contributed by atoms with van der Waals surface area (Å²) in [7, 11) is 0. The molecule has 2 aromatic rings. The molecular formula is C14H14Cl2N2O. The molecule has 0 fully saturated rings. The smallest absolute Gasteiger partial charge is 0.223 e. The Morgan fingerprint density at radius 3 is 2.47 bits per heavy atom. The van der Waals surface area contributed by atoms with E-state index >= 15 is 0 Å². The van der Waals surface area contributed by atoms with Crippen LogP contribution in [0.4, 0.5) is 0 Å². The van der Waals surface area contributed by atoms with Crippen LogP contribution in [0, 0.1) is 6.92 Å². The van der Waals surface area contributed by atoms with Gasteiger partial charge in [-0.25, -0.2) is 9.97 Å². The average molecular weight is 297 g/mol. The predicted molar refractivity (Wildman–Crippen MR) is 77.4 cm³/mol. The first-order valence-electron chi connectivity index (χ1n) is 5.93. The summed E-state index contributed by atoms with van der Waals surface area (Å²) in [5.41, 5.74) is 1.99. The number of nitrogens with zero attached hydrogens (tertiary/aromatic N) is 2. The fourth-order valence-electron chi connectivity index (χ4n) is 1.71. The van der Waals surface area contributed by atoms with Crippen LogP contribution in [-0.4, -0.2) is 9.97 Å². The van der Waals surface area contributed by atoms with Gasteiger partial charge < -0.3 is 4.74 Å². The zero-order chi connectivity index (χ0) is 14.0. The minimum absolute atomic E-state index is 0.324. The first-order valence-corrected chi connectivity index (χ1v) is 6.68. The van der Waals surface area contributed by atoms with E-state index in [0.29, 0.717) is 17.0 Å². The van der Waals surface area contributed by atoms with Crippen molar-refractivity contribution in [2.24, 2.45) is 0 Å². The summed E-state index contributed by atoms with van der Waals surface area (Å²) >= 11 is 12.0. The molecule has 0 saturated heterocycles. The van der Waals surface area contributed by atoms with E-state index in [1.807, 2.05) is 19.1 Å². The lowest BCUT2D eigenvalue weighted by atomic mass is 10.0. The fourth-order valence-corrected chi connectivity index (χ4v) is 2.28. The van der Waals surface area contributed by atoms with Crippen LogP contribution < -0.4 is 4.74 Å². The van der Waals surface area contributed by atoms with Crippen molar-refractivity contribution in [2.45, 2.75) is 26.7 Å². The van der Waals surface area contributed by atoms with Gasteiger partial charge in [0.05, 0.1) is 0 Å². The van der Waals surface area contributed by atoms with Crippen molar-refractivity contribution < 1.29 is 4.74 Å². The van der Waals surface area contributed by atoms with Crippen LogP contribution in [-0.2, 0) is 0 Å². The molecule has 1 heterocycles. The van der Waals surface area contributed by atoms with Gasteiger partial charge in [0, 0.05) is 11.1 Å². The quantitative estimate of drug-likeness (QED) is 0.747. The van der Waals surface area contributed by atoms with E-state index in [1.165, 1.54) is 6.33 Å². The lowest BCUT2D eigenvalue weighted by molar-refractivity contribution is 0.457. The summed E-state index contributed by atoms with van der Waals surface area (Å²) in [4.78, 5) is 7.84. The molecular weight excluding hydrogens is 283 g/mol. The van der Waals surface area contributed by atoms with Crippen molar-refractivity contribution in [1.29, 1.82) is 0 Å². The van der Waals surface area contributed by atoms with Crippen molar-refractivity contribution >= 4 is 23.2 Å². The van der Waals surface area contributed by atoms with Crippen LogP contribution >= 0.6 is 23.2 Å². The summed E-state index contributed by atoms with van der Waals surface area (Å²) in [6.45, 7) is 6.11. The molecule has 100 valence electrons. The minimum atomic E-state index is 0.324. The zero-order valence-corrected chi connectivity index (χ0v) is 12.5. The number of benzene rings is 1. The highest BCUT2D eigenvalue weighted by Gasteiger charge is 2.11. The molecule has 0 amide bonds. The average Bonchev–Trinajstić information content (AvgIpc) is 2.32. The number of hydrogen-bond acceptors (Lipinski definition) is 3. The van der Waals surface area contributed by atoms with Gasteiger partial charge in [0.1, 0.15) is 17.2 Å². The van der Waals surface area contributed by atoms with Crippen LogP contribution in [0.15, 0.2) is 24.5 Å². The van der Waals surface area contributed by atoms with Crippen molar-refractivity contribution in [3.63, 3.8) is 0 Å². The van der Waals surface area contributed by atoms with Gasteiger partial charge in [0.15, 0.2) is 0 Å². The number of rotatable bonds is 3. The molecule has 0 saturated carbocycles.